The lowest BCUT2D eigenvalue weighted by Crippen LogP contribution is -2.47. The van der Waals surface area contributed by atoms with Gasteiger partial charge < -0.3 is 19.3 Å². The molecule has 0 aliphatic carbocycles. The number of piperazine rings is 1. The number of anilines is 1. The Labute approximate surface area is 214 Å². The van der Waals surface area contributed by atoms with Gasteiger partial charge in [0.2, 0.25) is 5.91 Å². The van der Waals surface area contributed by atoms with Gasteiger partial charge in [-0.15, -0.1) is 0 Å². The van der Waals surface area contributed by atoms with Gasteiger partial charge in [0.25, 0.3) is 0 Å². The highest BCUT2D eigenvalue weighted by Crippen LogP contribution is 2.33. The molecule has 0 aromatic heterocycles. The molecule has 1 unspecified atom stereocenters. The Morgan fingerprint density at radius 3 is 2.46 bits per heavy atom. The van der Waals surface area contributed by atoms with Crippen molar-refractivity contribution >= 4 is 23.2 Å². The van der Waals surface area contributed by atoms with Crippen LogP contribution in [0.5, 0.6) is 11.5 Å². The van der Waals surface area contributed by atoms with Crippen molar-refractivity contribution in [2.45, 2.75) is 46.1 Å². The average molecular weight is 500 g/mol. The molecular weight excluding hydrogens is 462 g/mol. The molecule has 190 valence electrons. The number of hydrogen-bond acceptors (Lipinski definition) is 5. The second kappa shape index (κ2) is 11.5. The first kappa shape index (κ1) is 25.6. The molecule has 0 N–H and O–H groups in total. The second-order valence-electron chi connectivity index (χ2n) is 9.61. The zero-order valence-electron chi connectivity index (χ0n) is 21.5. The van der Waals surface area contributed by atoms with Crippen LogP contribution in [-0.2, 0) is 4.79 Å². The van der Waals surface area contributed by atoms with Crippen LogP contribution in [0.4, 0.5) is 5.69 Å². The minimum absolute atomic E-state index is 0.282. The normalized spacial score (nSPS) is 17.7. The zero-order valence-corrected chi connectivity index (χ0v) is 22.2. The van der Waals surface area contributed by atoms with Crippen molar-refractivity contribution in [2.75, 3.05) is 57.9 Å². The van der Waals surface area contributed by atoms with Gasteiger partial charge in [-0.1, -0.05) is 17.7 Å². The quantitative estimate of drug-likeness (QED) is 0.441. The van der Waals surface area contributed by atoms with Crippen molar-refractivity contribution in [2.24, 2.45) is 0 Å². The van der Waals surface area contributed by atoms with E-state index in [0.717, 1.165) is 69.3 Å². The standard InChI is InChI=1S/C28H38ClN3O3/c1-20-21(2)26(35-18-6-13-32-12-5-7-28(32)33)11-9-24(20)22(3)30-14-16-31(17-15-30)23-8-10-25(29)27(19-23)34-4/h8-11,19,22H,5-7,12-18H2,1-4H3. The van der Waals surface area contributed by atoms with Crippen LogP contribution >= 0.6 is 11.6 Å². The number of halogens is 1. The molecule has 2 aromatic rings. The number of amides is 1. The Hall–Kier alpha value is -2.44. The zero-order chi connectivity index (χ0) is 24.9. The summed E-state index contributed by atoms with van der Waals surface area (Å²) >= 11 is 6.20. The number of nitrogens with zero attached hydrogens (tertiary/aromatic N) is 3. The van der Waals surface area contributed by atoms with E-state index in [2.05, 4.69) is 48.8 Å². The van der Waals surface area contributed by atoms with Crippen molar-refractivity contribution < 1.29 is 14.3 Å². The third-order valence-electron chi connectivity index (χ3n) is 7.59. The van der Waals surface area contributed by atoms with Crippen LogP contribution in [0.2, 0.25) is 5.02 Å². The minimum Gasteiger partial charge on any atom is -0.495 e. The van der Waals surface area contributed by atoms with Crippen molar-refractivity contribution in [3.05, 3.63) is 52.0 Å². The van der Waals surface area contributed by atoms with Crippen LogP contribution in [0.1, 0.15) is 48.9 Å². The van der Waals surface area contributed by atoms with Crippen molar-refractivity contribution in [3.63, 3.8) is 0 Å². The monoisotopic (exact) mass is 499 g/mol. The molecule has 2 heterocycles. The molecule has 2 aliphatic rings. The van der Waals surface area contributed by atoms with E-state index in [1.54, 1.807) is 7.11 Å². The van der Waals surface area contributed by atoms with Crippen molar-refractivity contribution in [1.82, 2.24) is 9.80 Å². The average Bonchev–Trinajstić information content (AvgIpc) is 3.28. The van der Waals surface area contributed by atoms with Gasteiger partial charge in [0.15, 0.2) is 0 Å². The van der Waals surface area contributed by atoms with Crippen LogP contribution in [0, 0.1) is 13.8 Å². The molecule has 2 aliphatic heterocycles. The maximum atomic E-state index is 11.8. The van der Waals surface area contributed by atoms with Crippen LogP contribution in [-0.4, -0.2) is 68.7 Å². The largest absolute Gasteiger partial charge is 0.495 e. The van der Waals surface area contributed by atoms with Gasteiger partial charge in [-0.25, -0.2) is 0 Å². The van der Waals surface area contributed by atoms with E-state index in [1.165, 1.54) is 16.7 Å². The smallest absolute Gasteiger partial charge is 0.222 e. The number of carbonyl (C=O) groups excluding carboxylic acids is 1. The Bertz CT molecular complexity index is 1040. The topological polar surface area (TPSA) is 45.2 Å². The number of hydrogen-bond donors (Lipinski definition) is 0. The summed E-state index contributed by atoms with van der Waals surface area (Å²) < 4.78 is 11.5. The first-order valence-corrected chi connectivity index (χ1v) is 13.1. The maximum Gasteiger partial charge on any atom is 0.222 e. The number of rotatable bonds is 9. The molecule has 0 radical (unpaired) electrons. The summed E-state index contributed by atoms with van der Waals surface area (Å²) in [6.07, 6.45) is 2.55. The molecule has 6 nitrogen and oxygen atoms in total. The predicted octanol–water partition coefficient (Wildman–Crippen LogP) is 5.24. The van der Waals surface area contributed by atoms with Gasteiger partial charge in [-0.2, -0.15) is 0 Å². The molecular formula is C28H38ClN3O3. The Balaban J connectivity index is 1.31. The first-order chi connectivity index (χ1) is 16.9. The van der Waals surface area contributed by atoms with Gasteiger partial charge in [-0.05, 0) is 68.5 Å². The maximum absolute atomic E-state index is 11.8. The summed E-state index contributed by atoms with van der Waals surface area (Å²) in [4.78, 5) is 18.7. The highest BCUT2D eigenvalue weighted by atomic mass is 35.5. The molecule has 1 amide bonds. The third-order valence-corrected chi connectivity index (χ3v) is 7.90. The van der Waals surface area contributed by atoms with Crippen molar-refractivity contribution in [3.8, 4) is 11.5 Å². The lowest BCUT2D eigenvalue weighted by atomic mass is 9.96. The summed E-state index contributed by atoms with van der Waals surface area (Å²) in [6, 6.07) is 10.7. The molecule has 0 bridgehead atoms. The molecule has 0 saturated carbocycles. The molecule has 35 heavy (non-hydrogen) atoms. The Morgan fingerprint density at radius 1 is 1.00 bits per heavy atom. The third kappa shape index (κ3) is 5.87. The van der Waals surface area contributed by atoms with Crippen LogP contribution in [0.25, 0.3) is 0 Å². The summed E-state index contributed by atoms with van der Waals surface area (Å²) in [6.45, 7) is 12.9. The number of likely N-dealkylation sites (tertiary alicyclic amines) is 1. The molecule has 1 atom stereocenters. The van der Waals surface area contributed by atoms with Crippen LogP contribution < -0.4 is 14.4 Å². The van der Waals surface area contributed by atoms with Gasteiger partial charge in [-0.3, -0.25) is 9.69 Å². The van der Waals surface area contributed by atoms with E-state index in [9.17, 15) is 4.79 Å². The summed E-state index contributed by atoms with van der Waals surface area (Å²) in [5, 5.41) is 0.642. The number of carbonyl (C=O) groups is 1. The highest BCUT2D eigenvalue weighted by Gasteiger charge is 2.25. The number of benzene rings is 2. The lowest BCUT2D eigenvalue weighted by Gasteiger charge is -2.40. The van der Waals surface area contributed by atoms with Gasteiger partial charge >= 0.3 is 0 Å². The molecule has 2 saturated heterocycles. The fraction of sp³-hybridized carbons (Fsp3) is 0.536. The Kier molecular flexibility index (Phi) is 8.45. The van der Waals surface area contributed by atoms with Crippen LogP contribution in [0.15, 0.2) is 30.3 Å². The number of ether oxygens (including phenoxy) is 2. The van der Waals surface area contributed by atoms with E-state index in [4.69, 9.17) is 21.1 Å². The minimum atomic E-state index is 0.282. The summed E-state index contributed by atoms with van der Waals surface area (Å²) in [5.74, 6) is 1.95. The lowest BCUT2D eigenvalue weighted by molar-refractivity contribution is -0.127. The van der Waals surface area contributed by atoms with E-state index in [0.29, 0.717) is 24.1 Å². The highest BCUT2D eigenvalue weighted by molar-refractivity contribution is 6.32. The van der Waals surface area contributed by atoms with E-state index in [-0.39, 0.29) is 5.91 Å². The molecule has 2 fully saturated rings. The van der Waals surface area contributed by atoms with E-state index < -0.39 is 0 Å². The molecule has 7 heteroatoms. The van der Waals surface area contributed by atoms with E-state index in [1.807, 2.05) is 17.0 Å². The van der Waals surface area contributed by atoms with Gasteiger partial charge in [0.1, 0.15) is 11.5 Å². The fourth-order valence-electron chi connectivity index (χ4n) is 5.21. The fourth-order valence-corrected chi connectivity index (χ4v) is 5.41. The summed E-state index contributed by atoms with van der Waals surface area (Å²) in [7, 11) is 1.65. The second-order valence-corrected chi connectivity index (χ2v) is 10.0. The SMILES string of the molecule is COc1cc(N2CCN(C(C)c3ccc(OCCCN4CCCC4=O)c(C)c3C)CC2)ccc1Cl. The van der Waals surface area contributed by atoms with Crippen LogP contribution in [0.3, 0.4) is 0 Å². The van der Waals surface area contributed by atoms with Gasteiger partial charge in [0.05, 0.1) is 18.7 Å². The van der Waals surface area contributed by atoms with Gasteiger partial charge in [0, 0.05) is 63.5 Å². The predicted molar refractivity (Wildman–Crippen MR) is 142 cm³/mol. The first-order valence-electron chi connectivity index (χ1n) is 12.7. The molecule has 2 aromatic carbocycles. The number of methoxy groups -OCH3 is 1. The van der Waals surface area contributed by atoms with E-state index >= 15 is 0 Å². The Morgan fingerprint density at radius 2 is 1.77 bits per heavy atom. The molecule has 4 rings (SSSR count). The van der Waals surface area contributed by atoms with Crippen molar-refractivity contribution in [1.29, 1.82) is 0 Å². The summed E-state index contributed by atoms with van der Waals surface area (Å²) in [5.41, 5.74) is 5.02. The molecule has 0 spiro atoms.